The van der Waals surface area contributed by atoms with Gasteiger partial charge in [0.2, 0.25) is 21.8 Å². The highest BCUT2D eigenvalue weighted by molar-refractivity contribution is 7.88. The van der Waals surface area contributed by atoms with Gasteiger partial charge >= 0.3 is 0 Å². The zero-order valence-corrected chi connectivity index (χ0v) is 16.0. The summed E-state index contributed by atoms with van der Waals surface area (Å²) < 4.78 is 25.5. The van der Waals surface area contributed by atoms with Crippen molar-refractivity contribution in [3.05, 3.63) is 59.7 Å². The van der Waals surface area contributed by atoms with Crippen LogP contribution in [-0.4, -0.2) is 43.9 Å². The first-order valence-electron chi connectivity index (χ1n) is 8.44. The molecule has 142 valence electrons. The van der Waals surface area contributed by atoms with E-state index < -0.39 is 15.9 Å². The van der Waals surface area contributed by atoms with Crippen LogP contribution in [0.5, 0.6) is 0 Å². The zero-order chi connectivity index (χ0) is 19.6. The Kier molecular flexibility index (Phi) is 5.29. The van der Waals surface area contributed by atoms with Crippen molar-refractivity contribution in [3.8, 4) is 0 Å². The van der Waals surface area contributed by atoms with E-state index in [-0.39, 0.29) is 25.5 Å². The van der Waals surface area contributed by atoms with Crippen molar-refractivity contribution in [2.45, 2.75) is 13.5 Å². The number of aryl methyl sites for hydroxylation is 1. The molecule has 1 aliphatic heterocycles. The van der Waals surface area contributed by atoms with Crippen LogP contribution in [0.2, 0.25) is 0 Å². The van der Waals surface area contributed by atoms with Crippen molar-refractivity contribution in [3.63, 3.8) is 0 Å². The van der Waals surface area contributed by atoms with Crippen molar-refractivity contribution in [2.75, 3.05) is 29.6 Å². The van der Waals surface area contributed by atoms with Crippen LogP contribution in [0.25, 0.3) is 0 Å². The van der Waals surface area contributed by atoms with Crippen molar-refractivity contribution in [2.24, 2.45) is 0 Å². The first kappa shape index (κ1) is 19.1. The molecule has 0 atom stereocenters. The Hall–Kier alpha value is -2.71. The van der Waals surface area contributed by atoms with Gasteiger partial charge in [-0.15, -0.1) is 0 Å². The molecule has 0 saturated carbocycles. The number of nitrogens with one attached hydrogen (secondary N) is 1. The summed E-state index contributed by atoms with van der Waals surface area (Å²) in [6.07, 6.45) is 1.07. The fraction of sp³-hybridized carbons (Fsp3) is 0.263. The summed E-state index contributed by atoms with van der Waals surface area (Å²) in [5.41, 5.74) is 2.95. The SMILES string of the molecule is Cc1ccc(CN(CC(=O)N2CC(=O)Nc3ccccc32)S(C)(=O)=O)cc1. The molecule has 0 bridgehead atoms. The van der Waals surface area contributed by atoms with Crippen LogP contribution in [0.15, 0.2) is 48.5 Å². The average molecular weight is 387 g/mol. The smallest absolute Gasteiger partial charge is 0.244 e. The molecule has 1 N–H and O–H groups in total. The first-order valence-corrected chi connectivity index (χ1v) is 10.3. The predicted molar refractivity (Wildman–Crippen MR) is 104 cm³/mol. The van der Waals surface area contributed by atoms with E-state index in [1.165, 1.54) is 4.90 Å². The monoisotopic (exact) mass is 387 g/mol. The molecule has 0 unspecified atom stereocenters. The molecule has 1 aliphatic rings. The highest BCUT2D eigenvalue weighted by atomic mass is 32.2. The summed E-state index contributed by atoms with van der Waals surface area (Å²) in [7, 11) is -3.61. The van der Waals surface area contributed by atoms with Crippen LogP contribution < -0.4 is 10.2 Å². The number of hydrogen-bond acceptors (Lipinski definition) is 4. The maximum atomic E-state index is 12.8. The van der Waals surface area contributed by atoms with Gasteiger partial charge in [0.15, 0.2) is 0 Å². The van der Waals surface area contributed by atoms with Crippen molar-refractivity contribution < 1.29 is 18.0 Å². The number of hydrogen-bond donors (Lipinski definition) is 1. The highest BCUT2D eigenvalue weighted by Gasteiger charge is 2.29. The second kappa shape index (κ2) is 7.50. The first-order chi connectivity index (χ1) is 12.7. The van der Waals surface area contributed by atoms with E-state index in [0.717, 1.165) is 21.7 Å². The van der Waals surface area contributed by atoms with Gasteiger partial charge in [-0.3, -0.25) is 14.5 Å². The molecule has 0 radical (unpaired) electrons. The van der Waals surface area contributed by atoms with Crippen molar-refractivity contribution in [1.82, 2.24) is 4.31 Å². The number of rotatable bonds is 5. The van der Waals surface area contributed by atoms with Gasteiger partial charge in [-0.1, -0.05) is 42.0 Å². The van der Waals surface area contributed by atoms with Crippen LogP contribution in [-0.2, 0) is 26.2 Å². The lowest BCUT2D eigenvalue weighted by atomic mass is 10.1. The molecule has 27 heavy (non-hydrogen) atoms. The number of benzene rings is 2. The minimum absolute atomic E-state index is 0.0898. The maximum absolute atomic E-state index is 12.8. The molecule has 0 spiro atoms. The standard InChI is InChI=1S/C19H21N3O4S/c1-14-7-9-15(10-8-14)11-21(27(2,25)26)13-19(24)22-12-18(23)20-16-5-3-4-6-17(16)22/h3-10H,11-13H2,1-2H3,(H,20,23). The summed E-state index contributed by atoms with van der Waals surface area (Å²) >= 11 is 0. The number of fused-ring (bicyclic) bond motifs is 1. The topological polar surface area (TPSA) is 86.8 Å². The Morgan fingerprint density at radius 1 is 1.15 bits per heavy atom. The fourth-order valence-corrected chi connectivity index (χ4v) is 3.61. The van der Waals surface area contributed by atoms with Gasteiger partial charge < -0.3 is 5.32 Å². The molecule has 3 rings (SSSR count). The van der Waals surface area contributed by atoms with Crippen LogP contribution in [0, 0.1) is 6.92 Å². The summed E-state index contributed by atoms with van der Waals surface area (Å²) in [6.45, 7) is 1.55. The molecule has 2 aromatic rings. The largest absolute Gasteiger partial charge is 0.323 e. The molecule has 0 aliphatic carbocycles. The lowest BCUT2D eigenvalue weighted by molar-refractivity contribution is -0.122. The quantitative estimate of drug-likeness (QED) is 0.847. The van der Waals surface area contributed by atoms with Crippen molar-refractivity contribution in [1.29, 1.82) is 0 Å². The molecular weight excluding hydrogens is 366 g/mol. The van der Waals surface area contributed by atoms with Crippen LogP contribution >= 0.6 is 0 Å². The van der Waals surface area contributed by atoms with Crippen LogP contribution in [0.3, 0.4) is 0 Å². The Morgan fingerprint density at radius 2 is 1.81 bits per heavy atom. The summed E-state index contributed by atoms with van der Waals surface area (Å²) in [6, 6.07) is 14.4. The lowest BCUT2D eigenvalue weighted by Crippen LogP contribution is -2.47. The molecule has 8 heteroatoms. The molecular formula is C19H21N3O4S. The predicted octanol–water partition coefficient (Wildman–Crippen LogP) is 1.74. The van der Waals surface area contributed by atoms with Gasteiger partial charge in [0.1, 0.15) is 6.54 Å². The number of amides is 2. The fourth-order valence-electron chi connectivity index (χ4n) is 2.88. The van der Waals surface area contributed by atoms with E-state index in [2.05, 4.69) is 5.32 Å². The second-order valence-corrected chi connectivity index (χ2v) is 8.54. The third-order valence-corrected chi connectivity index (χ3v) is 5.53. The van der Waals surface area contributed by atoms with Gasteiger partial charge in [-0.05, 0) is 24.6 Å². The Balaban J connectivity index is 1.83. The highest BCUT2D eigenvalue weighted by Crippen LogP contribution is 2.29. The average Bonchev–Trinajstić information content (AvgIpc) is 2.61. The number of para-hydroxylation sites is 2. The summed E-state index contributed by atoms with van der Waals surface area (Å²) in [4.78, 5) is 26.1. The second-order valence-electron chi connectivity index (χ2n) is 6.56. The van der Waals surface area contributed by atoms with E-state index in [9.17, 15) is 18.0 Å². The number of anilines is 2. The number of nitrogens with zero attached hydrogens (tertiary/aromatic N) is 2. The van der Waals surface area contributed by atoms with Gasteiger partial charge in [0.25, 0.3) is 0 Å². The Bertz CT molecular complexity index is 971. The Morgan fingerprint density at radius 3 is 2.48 bits per heavy atom. The van der Waals surface area contributed by atoms with E-state index >= 15 is 0 Å². The van der Waals surface area contributed by atoms with E-state index in [1.54, 1.807) is 24.3 Å². The molecule has 0 fully saturated rings. The minimum atomic E-state index is -3.61. The molecule has 7 nitrogen and oxygen atoms in total. The van der Waals surface area contributed by atoms with Gasteiger partial charge in [-0.25, -0.2) is 8.42 Å². The van der Waals surface area contributed by atoms with Gasteiger partial charge in [0, 0.05) is 6.54 Å². The van der Waals surface area contributed by atoms with Gasteiger partial charge in [-0.2, -0.15) is 4.31 Å². The molecule has 2 aromatic carbocycles. The molecule has 0 saturated heterocycles. The number of carbonyl (C=O) groups excluding carboxylic acids is 2. The Labute approximate surface area is 158 Å². The van der Waals surface area contributed by atoms with Crippen LogP contribution in [0.4, 0.5) is 11.4 Å². The van der Waals surface area contributed by atoms with Crippen LogP contribution in [0.1, 0.15) is 11.1 Å². The summed E-state index contributed by atoms with van der Waals surface area (Å²) in [5, 5.41) is 2.71. The molecule has 0 aromatic heterocycles. The molecule has 1 heterocycles. The summed E-state index contributed by atoms with van der Waals surface area (Å²) in [5.74, 6) is -0.763. The van der Waals surface area contributed by atoms with Gasteiger partial charge in [0.05, 0.1) is 24.2 Å². The van der Waals surface area contributed by atoms with E-state index in [1.807, 2.05) is 31.2 Å². The lowest BCUT2D eigenvalue weighted by Gasteiger charge is -2.30. The van der Waals surface area contributed by atoms with E-state index in [4.69, 9.17) is 0 Å². The van der Waals surface area contributed by atoms with E-state index in [0.29, 0.717) is 11.4 Å². The normalized spacial score (nSPS) is 14.0. The number of carbonyl (C=O) groups is 2. The third-order valence-electron chi connectivity index (χ3n) is 4.33. The molecule has 2 amide bonds. The minimum Gasteiger partial charge on any atom is -0.323 e. The van der Waals surface area contributed by atoms with Crippen molar-refractivity contribution >= 4 is 33.2 Å². The zero-order valence-electron chi connectivity index (χ0n) is 15.2. The number of sulfonamides is 1. The third kappa shape index (κ3) is 4.53. The maximum Gasteiger partial charge on any atom is 0.244 e.